The van der Waals surface area contributed by atoms with E-state index >= 15 is 0 Å². The van der Waals surface area contributed by atoms with E-state index in [0.717, 1.165) is 23.8 Å². The second kappa shape index (κ2) is 6.60. The molecule has 0 bridgehead atoms. The van der Waals surface area contributed by atoms with E-state index in [1.165, 1.54) is 30.7 Å². The van der Waals surface area contributed by atoms with Gasteiger partial charge in [0.2, 0.25) is 0 Å². The zero-order chi connectivity index (χ0) is 11.2. The average molecular weight is 259 g/mol. The Kier molecular flexibility index (Phi) is 5.10. The predicted molar refractivity (Wildman–Crippen MR) is 71.5 cm³/mol. The summed E-state index contributed by atoms with van der Waals surface area (Å²) in [5.41, 5.74) is 0. The molecule has 1 unspecified atom stereocenters. The lowest BCUT2D eigenvalue weighted by molar-refractivity contribution is 0.473. The van der Waals surface area contributed by atoms with Gasteiger partial charge in [-0.25, -0.2) is 0 Å². The Morgan fingerprint density at radius 2 is 2.31 bits per heavy atom. The molecule has 16 heavy (non-hydrogen) atoms. The molecule has 0 aromatic carbocycles. The minimum Gasteiger partial charge on any atom is -0.317 e. The van der Waals surface area contributed by atoms with E-state index in [1.54, 1.807) is 11.3 Å². The molecule has 0 amide bonds. The van der Waals surface area contributed by atoms with Gasteiger partial charge in [0, 0.05) is 17.5 Å². The summed E-state index contributed by atoms with van der Waals surface area (Å²) in [7, 11) is 0. The average Bonchev–Trinajstić information content (AvgIpc) is 2.54. The summed E-state index contributed by atoms with van der Waals surface area (Å²) in [5.74, 6) is 0. The Morgan fingerprint density at radius 3 is 3.12 bits per heavy atom. The zero-order valence-electron chi connectivity index (χ0n) is 9.47. The van der Waals surface area contributed by atoms with E-state index in [0.29, 0.717) is 6.04 Å². The van der Waals surface area contributed by atoms with Crippen molar-refractivity contribution in [2.45, 2.75) is 31.7 Å². The summed E-state index contributed by atoms with van der Waals surface area (Å²) in [4.78, 5) is 1.38. The first-order valence-corrected chi connectivity index (χ1v) is 7.22. The first-order chi connectivity index (χ1) is 7.84. The smallest absolute Gasteiger partial charge is 0.0931 e. The van der Waals surface area contributed by atoms with Crippen LogP contribution in [0.25, 0.3) is 0 Å². The first kappa shape index (κ1) is 12.4. The van der Waals surface area contributed by atoms with Crippen molar-refractivity contribution >= 4 is 22.9 Å². The van der Waals surface area contributed by atoms with Gasteiger partial charge in [0.05, 0.1) is 4.34 Å². The van der Waals surface area contributed by atoms with Crippen molar-refractivity contribution in [3.63, 3.8) is 0 Å². The van der Waals surface area contributed by atoms with Crippen LogP contribution in [-0.2, 0) is 6.42 Å². The fourth-order valence-electron chi connectivity index (χ4n) is 2.11. The van der Waals surface area contributed by atoms with E-state index in [-0.39, 0.29) is 0 Å². The van der Waals surface area contributed by atoms with Crippen molar-refractivity contribution in [2.75, 3.05) is 19.6 Å². The van der Waals surface area contributed by atoms with Gasteiger partial charge in [0.1, 0.15) is 0 Å². The van der Waals surface area contributed by atoms with Crippen molar-refractivity contribution in [1.29, 1.82) is 0 Å². The van der Waals surface area contributed by atoms with Crippen LogP contribution in [-0.4, -0.2) is 25.7 Å². The molecule has 1 fully saturated rings. The van der Waals surface area contributed by atoms with Crippen molar-refractivity contribution in [3.8, 4) is 0 Å². The highest BCUT2D eigenvalue weighted by molar-refractivity contribution is 7.16. The minimum absolute atomic E-state index is 0.699. The first-order valence-electron chi connectivity index (χ1n) is 6.03. The highest BCUT2D eigenvalue weighted by Gasteiger charge is 2.10. The van der Waals surface area contributed by atoms with Crippen molar-refractivity contribution in [3.05, 3.63) is 21.3 Å². The molecule has 0 aliphatic carbocycles. The largest absolute Gasteiger partial charge is 0.317 e. The van der Waals surface area contributed by atoms with Crippen LogP contribution in [0.2, 0.25) is 4.34 Å². The summed E-state index contributed by atoms with van der Waals surface area (Å²) >= 11 is 7.59. The summed E-state index contributed by atoms with van der Waals surface area (Å²) in [6.07, 6.45) is 4.95. The van der Waals surface area contributed by atoms with Gasteiger partial charge in [-0.3, -0.25) is 0 Å². The topological polar surface area (TPSA) is 24.1 Å². The van der Waals surface area contributed by atoms with Gasteiger partial charge >= 0.3 is 0 Å². The lowest BCUT2D eigenvalue weighted by Gasteiger charge is -2.15. The van der Waals surface area contributed by atoms with Crippen molar-refractivity contribution in [2.24, 2.45) is 0 Å². The molecule has 0 saturated carbocycles. The van der Waals surface area contributed by atoms with E-state index < -0.39 is 0 Å². The number of rotatable bonds is 4. The molecule has 1 atom stereocenters. The number of thiophene rings is 1. The summed E-state index contributed by atoms with van der Waals surface area (Å²) < 4.78 is 0.897. The molecule has 2 nitrogen and oxygen atoms in total. The van der Waals surface area contributed by atoms with E-state index in [1.807, 2.05) is 6.07 Å². The lowest BCUT2D eigenvalue weighted by atomic mass is 10.1. The van der Waals surface area contributed by atoms with Crippen LogP contribution < -0.4 is 10.6 Å². The van der Waals surface area contributed by atoms with E-state index in [9.17, 15) is 0 Å². The molecule has 1 aliphatic rings. The van der Waals surface area contributed by atoms with Gasteiger partial charge in [0.15, 0.2) is 0 Å². The van der Waals surface area contributed by atoms with Crippen LogP contribution in [0.15, 0.2) is 12.1 Å². The quantitative estimate of drug-likeness (QED) is 0.868. The van der Waals surface area contributed by atoms with Gasteiger partial charge in [-0.2, -0.15) is 0 Å². The van der Waals surface area contributed by atoms with Gasteiger partial charge in [-0.15, -0.1) is 11.3 Å². The monoisotopic (exact) mass is 258 g/mol. The standard InChI is InChI=1S/C12H19ClN2S/c13-12-4-3-11(16-12)6-9-15-10-2-1-7-14-8-5-10/h3-4,10,14-15H,1-2,5-9H2. The third-order valence-corrected chi connectivity index (χ3v) is 4.30. The molecular weight excluding hydrogens is 240 g/mol. The van der Waals surface area contributed by atoms with Crippen LogP contribution >= 0.6 is 22.9 Å². The molecule has 0 spiro atoms. The maximum atomic E-state index is 5.90. The third kappa shape index (κ3) is 4.06. The predicted octanol–water partition coefficient (Wildman–Crippen LogP) is 2.68. The molecule has 2 heterocycles. The van der Waals surface area contributed by atoms with Crippen LogP contribution in [0.3, 0.4) is 0 Å². The maximum Gasteiger partial charge on any atom is 0.0931 e. The minimum atomic E-state index is 0.699. The Bertz CT molecular complexity index is 306. The molecule has 0 radical (unpaired) electrons. The highest BCUT2D eigenvalue weighted by atomic mass is 35.5. The molecule has 1 aromatic heterocycles. The van der Waals surface area contributed by atoms with Crippen LogP contribution in [0, 0.1) is 0 Å². The Balaban J connectivity index is 1.67. The third-order valence-electron chi connectivity index (χ3n) is 3.01. The van der Waals surface area contributed by atoms with Crippen molar-refractivity contribution in [1.82, 2.24) is 10.6 Å². The van der Waals surface area contributed by atoms with Gasteiger partial charge in [-0.1, -0.05) is 11.6 Å². The molecule has 4 heteroatoms. The fraction of sp³-hybridized carbons (Fsp3) is 0.667. The maximum absolute atomic E-state index is 5.90. The molecule has 2 rings (SSSR count). The Labute approximate surface area is 106 Å². The number of hydrogen-bond donors (Lipinski definition) is 2. The summed E-state index contributed by atoms with van der Waals surface area (Å²) in [5, 5.41) is 7.08. The summed E-state index contributed by atoms with van der Waals surface area (Å²) in [6.45, 7) is 3.41. The number of nitrogens with one attached hydrogen (secondary N) is 2. The van der Waals surface area contributed by atoms with Gasteiger partial charge in [-0.05, 0) is 50.9 Å². The second-order valence-electron chi connectivity index (χ2n) is 4.29. The van der Waals surface area contributed by atoms with Gasteiger partial charge in [0.25, 0.3) is 0 Å². The molecule has 2 N–H and O–H groups in total. The zero-order valence-corrected chi connectivity index (χ0v) is 11.0. The second-order valence-corrected chi connectivity index (χ2v) is 6.09. The van der Waals surface area contributed by atoms with Crippen LogP contribution in [0.4, 0.5) is 0 Å². The van der Waals surface area contributed by atoms with E-state index in [4.69, 9.17) is 11.6 Å². The van der Waals surface area contributed by atoms with Crippen LogP contribution in [0.5, 0.6) is 0 Å². The van der Waals surface area contributed by atoms with Crippen LogP contribution in [0.1, 0.15) is 24.1 Å². The van der Waals surface area contributed by atoms with Gasteiger partial charge < -0.3 is 10.6 Å². The summed E-state index contributed by atoms with van der Waals surface area (Å²) in [6, 6.07) is 4.81. The molecule has 1 aromatic rings. The highest BCUT2D eigenvalue weighted by Crippen LogP contribution is 2.21. The Morgan fingerprint density at radius 1 is 1.38 bits per heavy atom. The lowest BCUT2D eigenvalue weighted by Crippen LogP contribution is -2.31. The van der Waals surface area contributed by atoms with E-state index in [2.05, 4.69) is 16.7 Å². The Hall–Kier alpha value is -0.0900. The molecule has 1 aliphatic heterocycles. The fourth-order valence-corrected chi connectivity index (χ4v) is 3.20. The molecule has 1 saturated heterocycles. The molecule has 90 valence electrons. The van der Waals surface area contributed by atoms with Crippen molar-refractivity contribution < 1.29 is 0 Å². The SMILES string of the molecule is Clc1ccc(CCNC2CCCNCC2)s1. The number of halogens is 1. The molecular formula is C12H19ClN2S. The normalized spacial score (nSPS) is 21.9. The number of hydrogen-bond acceptors (Lipinski definition) is 3.